The number of fused-ring (bicyclic) bond motifs is 9. The molecular formula is C54H33NOS2. The standard InChI is InChI=1S/C54H33NOS2/c1-4-16-49-43(9-1)48-33-37(25-32-50(48)56-49)34-19-26-38(27-20-34)55(39-28-21-35(22-29-39)41-12-7-14-46-44-10-2-5-17-51(44)57-53(41)46)40-30-23-36(24-31-40)42-13-8-15-47-45-11-3-6-18-52(45)58-54(42)47/h1-33H. The SMILES string of the molecule is c1ccc2c(c1)oc1ccc(-c3ccc(N(c4ccc(-c5cccc6c5sc5ccccc56)cc4)c4ccc(-c5cccc6c5sc5ccccc56)cc4)cc3)cc12. The molecule has 0 aliphatic heterocycles. The van der Waals surface area contributed by atoms with Crippen LogP contribution in [0.2, 0.25) is 0 Å². The van der Waals surface area contributed by atoms with Crippen molar-refractivity contribution >= 4 is 102 Å². The molecule has 0 unspecified atom stereocenters. The van der Waals surface area contributed by atoms with E-state index < -0.39 is 0 Å². The van der Waals surface area contributed by atoms with Crippen LogP contribution < -0.4 is 4.90 Å². The van der Waals surface area contributed by atoms with Crippen molar-refractivity contribution < 1.29 is 4.42 Å². The Labute approximate surface area is 343 Å². The largest absolute Gasteiger partial charge is 0.456 e. The molecule has 0 aliphatic carbocycles. The number of thiophene rings is 2. The highest BCUT2D eigenvalue weighted by molar-refractivity contribution is 7.26. The summed E-state index contributed by atoms with van der Waals surface area (Å²) in [4.78, 5) is 2.37. The van der Waals surface area contributed by atoms with Gasteiger partial charge >= 0.3 is 0 Å². The van der Waals surface area contributed by atoms with E-state index in [2.05, 4.69) is 193 Å². The third-order valence-corrected chi connectivity index (χ3v) is 14.0. The molecule has 0 atom stereocenters. The first-order valence-electron chi connectivity index (χ1n) is 19.6. The van der Waals surface area contributed by atoms with Crippen LogP contribution in [-0.4, -0.2) is 0 Å². The lowest BCUT2D eigenvalue weighted by Gasteiger charge is -2.26. The van der Waals surface area contributed by atoms with E-state index in [-0.39, 0.29) is 0 Å². The summed E-state index contributed by atoms with van der Waals surface area (Å²) >= 11 is 3.75. The summed E-state index contributed by atoms with van der Waals surface area (Å²) in [6.07, 6.45) is 0. The van der Waals surface area contributed by atoms with Crippen molar-refractivity contribution in [2.45, 2.75) is 0 Å². The number of hydrogen-bond acceptors (Lipinski definition) is 4. The van der Waals surface area contributed by atoms with Gasteiger partial charge in [-0.3, -0.25) is 0 Å². The molecule has 0 radical (unpaired) electrons. The molecule has 0 aliphatic rings. The highest BCUT2D eigenvalue weighted by Gasteiger charge is 2.17. The van der Waals surface area contributed by atoms with Crippen LogP contribution in [0.25, 0.3) is 95.7 Å². The highest BCUT2D eigenvalue weighted by atomic mass is 32.1. The average Bonchev–Trinajstić information content (AvgIpc) is 3.98. The van der Waals surface area contributed by atoms with Crippen LogP contribution in [0, 0.1) is 0 Å². The van der Waals surface area contributed by atoms with Gasteiger partial charge in [-0.15, -0.1) is 22.7 Å². The van der Waals surface area contributed by atoms with Gasteiger partial charge in [0.2, 0.25) is 0 Å². The van der Waals surface area contributed by atoms with Crippen LogP contribution in [0.5, 0.6) is 0 Å². The van der Waals surface area contributed by atoms with Crippen LogP contribution in [0.4, 0.5) is 17.1 Å². The highest BCUT2D eigenvalue weighted by Crippen LogP contribution is 2.44. The Bertz CT molecular complexity index is 3340. The Balaban J connectivity index is 0.947. The Kier molecular flexibility index (Phi) is 7.62. The summed E-state index contributed by atoms with van der Waals surface area (Å²) in [5.41, 5.74) is 12.4. The van der Waals surface area contributed by atoms with E-state index in [1.165, 1.54) is 62.6 Å². The summed E-state index contributed by atoms with van der Waals surface area (Å²) in [6.45, 7) is 0. The summed E-state index contributed by atoms with van der Waals surface area (Å²) in [5, 5.41) is 7.55. The smallest absolute Gasteiger partial charge is 0.135 e. The third-order valence-electron chi connectivity index (χ3n) is 11.5. The van der Waals surface area contributed by atoms with E-state index in [0.29, 0.717) is 0 Å². The molecule has 0 saturated carbocycles. The zero-order chi connectivity index (χ0) is 38.2. The number of nitrogens with zero attached hydrogens (tertiary/aromatic N) is 1. The van der Waals surface area contributed by atoms with Crippen molar-refractivity contribution in [1.82, 2.24) is 0 Å². The van der Waals surface area contributed by atoms with Gasteiger partial charge in [-0.05, 0) is 100 Å². The van der Waals surface area contributed by atoms with Gasteiger partial charge in [0.05, 0.1) is 0 Å². The molecule has 4 heteroatoms. The minimum Gasteiger partial charge on any atom is -0.456 e. The monoisotopic (exact) mass is 775 g/mol. The van der Waals surface area contributed by atoms with Crippen molar-refractivity contribution in [3.8, 4) is 33.4 Å². The number of benzene rings is 9. The molecule has 272 valence electrons. The fourth-order valence-corrected chi connectivity index (χ4v) is 11.2. The second kappa shape index (κ2) is 13.3. The van der Waals surface area contributed by atoms with E-state index >= 15 is 0 Å². The quantitative estimate of drug-likeness (QED) is 0.167. The maximum Gasteiger partial charge on any atom is 0.135 e. The van der Waals surface area contributed by atoms with Gasteiger partial charge in [0.25, 0.3) is 0 Å². The van der Waals surface area contributed by atoms with Crippen molar-refractivity contribution in [2.75, 3.05) is 4.90 Å². The van der Waals surface area contributed by atoms with E-state index in [1.807, 2.05) is 34.8 Å². The number of para-hydroxylation sites is 1. The number of hydrogen-bond donors (Lipinski definition) is 0. The topological polar surface area (TPSA) is 16.4 Å². The van der Waals surface area contributed by atoms with E-state index in [1.54, 1.807) is 0 Å². The fourth-order valence-electron chi connectivity index (χ4n) is 8.68. The molecule has 3 aromatic heterocycles. The molecule has 9 aromatic carbocycles. The Morgan fingerprint density at radius 3 is 1.29 bits per heavy atom. The third kappa shape index (κ3) is 5.37. The summed E-state index contributed by atoms with van der Waals surface area (Å²) < 4.78 is 11.4. The molecule has 58 heavy (non-hydrogen) atoms. The predicted octanol–water partition coefficient (Wildman–Crippen LogP) is 16.8. The molecule has 0 N–H and O–H groups in total. The van der Waals surface area contributed by atoms with Gasteiger partial charge in [-0.2, -0.15) is 0 Å². The van der Waals surface area contributed by atoms with Gasteiger partial charge < -0.3 is 9.32 Å². The predicted molar refractivity (Wildman–Crippen MR) is 250 cm³/mol. The molecule has 2 nitrogen and oxygen atoms in total. The van der Waals surface area contributed by atoms with Crippen LogP contribution in [-0.2, 0) is 0 Å². The molecule has 0 bridgehead atoms. The maximum absolute atomic E-state index is 6.13. The van der Waals surface area contributed by atoms with Crippen LogP contribution in [0.15, 0.2) is 205 Å². The molecule has 3 heterocycles. The summed E-state index contributed by atoms with van der Waals surface area (Å²) in [6, 6.07) is 72.7. The van der Waals surface area contributed by atoms with Crippen molar-refractivity contribution in [3.63, 3.8) is 0 Å². The molecule has 12 aromatic rings. The normalized spacial score (nSPS) is 11.8. The number of rotatable bonds is 6. The van der Waals surface area contributed by atoms with E-state index in [0.717, 1.165) is 50.1 Å². The van der Waals surface area contributed by atoms with Crippen LogP contribution in [0.3, 0.4) is 0 Å². The summed E-state index contributed by atoms with van der Waals surface area (Å²) in [5.74, 6) is 0. The Hall–Kier alpha value is -6.98. The van der Waals surface area contributed by atoms with Gasteiger partial charge in [0, 0.05) is 68.2 Å². The lowest BCUT2D eigenvalue weighted by Crippen LogP contribution is -2.09. The van der Waals surface area contributed by atoms with Crippen molar-refractivity contribution in [2.24, 2.45) is 0 Å². The van der Waals surface area contributed by atoms with E-state index in [4.69, 9.17) is 4.42 Å². The van der Waals surface area contributed by atoms with Gasteiger partial charge in [0.15, 0.2) is 0 Å². The number of anilines is 3. The average molecular weight is 776 g/mol. The number of furan rings is 1. The second-order valence-electron chi connectivity index (χ2n) is 14.8. The van der Waals surface area contributed by atoms with E-state index in [9.17, 15) is 0 Å². The maximum atomic E-state index is 6.13. The lowest BCUT2D eigenvalue weighted by molar-refractivity contribution is 0.669. The fraction of sp³-hybridized carbons (Fsp3) is 0. The molecule has 12 rings (SSSR count). The van der Waals surface area contributed by atoms with Gasteiger partial charge in [-0.1, -0.05) is 133 Å². The molecule has 0 saturated heterocycles. The van der Waals surface area contributed by atoms with Gasteiger partial charge in [0.1, 0.15) is 11.2 Å². The van der Waals surface area contributed by atoms with Crippen LogP contribution in [0.1, 0.15) is 0 Å². The second-order valence-corrected chi connectivity index (χ2v) is 17.0. The first-order chi connectivity index (χ1) is 28.7. The molecule has 0 fully saturated rings. The molecule has 0 amide bonds. The molecular weight excluding hydrogens is 743 g/mol. The van der Waals surface area contributed by atoms with Crippen LogP contribution >= 0.6 is 22.7 Å². The van der Waals surface area contributed by atoms with Crippen molar-refractivity contribution in [1.29, 1.82) is 0 Å². The Morgan fingerprint density at radius 2 is 0.741 bits per heavy atom. The van der Waals surface area contributed by atoms with Crippen molar-refractivity contribution in [3.05, 3.63) is 200 Å². The Morgan fingerprint density at radius 1 is 0.310 bits per heavy atom. The minimum absolute atomic E-state index is 0.909. The molecule has 0 spiro atoms. The zero-order valence-corrected chi connectivity index (χ0v) is 32.9. The van der Waals surface area contributed by atoms with Gasteiger partial charge in [-0.25, -0.2) is 0 Å². The zero-order valence-electron chi connectivity index (χ0n) is 31.2. The minimum atomic E-state index is 0.909. The summed E-state index contributed by atoms with van der Waals surface area (Å²) in [7, 11) is 0. The first-order valence-corrected chi connectivity index (χ1v) is 21.2. The lowest BCUT2D eigenvalue weighted by atomic mass is 10.0. The first kappa shape index (κ1) is 33.2.